The summed E-state index contributed by atoms with van der Waals surface area (Å²) in [4.78, 5) is 2.57. The second kappa shape index (κ2) is 4.36. The van der Waals surface area contributed by atoms with E-state index in [2.05, 4.69) is 59.5 Å². The molecule has 3 aliphatic rings. The van der Waals surface area contributed by atoms with Gasteiger partial charge >= 0.3 is 0 Å². The van der Waals surface area contributed by atoms with Crippen molar-refractivity contribution in [3.63, 3.8) is 0 Å². The number of hydrogen-bond donors (Lipinski definition) is 0. The van der Waals surface area contributed by atoms with E-state index in [0.717, 1.165) is 19.6 Å². The smallest absolute Gasteiger partial charge is 0.151 e. The molecule has 22 heavy (non-hydrogen) atoms. The molecular weight excluding hydrogens is 270 g/mol. The molecule has 112 valence electrons. The lowest BCUT2D eigenvalue weighted by Gasteiger charge is -2.41. The monoisotopic (exact) mass is 291 g/mol. The van der Waals surface area contributed by atoms with Gasteiger partial charge in [-0.1, -0.05) is 48.5 Å². The number of para-hydroxylation sites is 1. The van der Waals surface area contributed by atoms with Gasteiger partial charge in [-0.3, -0.25) is 0 Å². The van der Waals surface area contributed by atoms with E-state index in [-0.39, 0.29) is 11.1 Å². The van der Waals surface area contributed by atoms with Gasteiger partial charge in [0.2, 0.25) is 0 Å². The molecule has 2 fully saturated rings. The van der Waals surface area contributed by atoms with Gasteiger partial charge < -0.3 is 9.64 Å². The predicted octanol–water partition coefficient (Wildman–Crippen LogP) is 4.25. The molecule has 0 N–H and O–H groups in total. The molecule has 0 aromatic heterocycles. The molecule has 0 unspecified atom stereocenters. The molecular formula is C20H21NO. The summed E-state index contributed by atoms with van der Waals surface area (Å²) in [6, 6.07) is 19.8. The van der Waals surface area contributed by atoms with Gasteiger partial charge in [-0.25, -0.2) is 0 Å². The van der Waals surface area contributed by atoms with Crippen LogP contribution in [0.2, 0.25) is 0 Å². The maximum atomic E-state index is 6.47. The fraction of sp³-hybridized carbons (Fsp3) is 0.400. The summed E-state index contributed by atoms with van der Waals surface area (Å²) in [5, 5.41) is 0. The zero-order valence-electron chi connectivity index (χ0n) is 12.8. The Balaban J connectivity index is 1.67. The highest BCUT2D eigenvalue weighted by atomic mass is 16.5. The van der Waals surface area contributed by atoms with Crippen molar-refractivity contribution < 1.29 is 4.74 Å². The Morgan fingerprint density at radius 3 is 2.64 bits per heavy atom. The molecule has 2 nitrogen and oxygen atoms in total. The lowest BCUT2D eigenvalue weighted by Crippen LogP contribution is -2.52. The molecule has 1 saturated carbocycles. The number of ether oxygens (including phenoxy) is 1. The van der Waals surface area contributed by atoms with Crippen molar-refractivity contribution in [1.82, 2.24) is 0 Å². The summed E-state index contributed by atoms with van der Waals surface area (Å²) < 4.78 is 6.47. The molecule has 2 aliphatic heterocycles. The van der Waals surface area contributed by atoms with Crippen LogP contribution in [0.15, 0.2) is 54.6 Å². The summed E-state index contributed by atoms with van der Waals surface area (Å²) in [7, 11) is 0. The topological polar surface area (TPSA) is 12.5 Å². The van der Waals surface area contributed by atoms with Gasteiger partial charge in [0.15, 0.2) is 5.72 Å². The molecule has 5 rings (SSSR count). The van der Waals surface area contributed by atoms with E-state index in [0.29, 0.717) is 0 Å². The van der Waals surface area contributed by atoms with Crippen molar-refractivity contribution in [2.24, 2.45) is 0 Å². The molecule has 0 radical (unpaired) electrons. The number of fused-ring (bicyclic) bond motifs is 1. The van der Waals surface area contributed by atoms with Crippen LogP contribution in [0.1, 0.15) is 36.8 Å². The fourth-order valence-electron chi connectivity index (χ4n) is 5.23. The minimum absolute atomic E-state index is 0.0907. The van der Waals surface area contributed by atoms with E-state index in [4.69, 9.17) is 4.74 Å². The summed E-state index contributed by atoms with van der Waals surface area (Å²) in [5.41, 5.74) is 4.43. The standard InChI is InChI=1S/C20H21NO/c1-2-7-16(8-3-1)15-21-18-10-5-4-9-17(18)19-11-6-12-20(19,21)22-14-13-19/h1-5,7-10H,6,11-15H2/t19-,20-/m1/s1. The predicted molar refractivity (Wildman–Crippen MR) is 87.9 cm³/mol. The molecule has 2 heterocycles. The van der Waals surface area contributed by atoms with Crippen LogP contribution >= 0.6 is 0 Å². The summed E-state index contributed by atoms with van der Waals surface area (Å²) in [6.07, 6.45) is 4.89. The van der Waals surface area contributed by atoms with E-state index < -0.39 is 0 Å². The second-order valence-corrected chi connectivity index (χ2v) is 6.91. The van der Waals surface area contributed by atoms with E-state index in [1.165, 1.54) is 36.1 Å². The van der Waals surface area contributed by atoms with Gasteiger partial charge in [0.1, 0.15) is 0 Å². The van der Waals surface area contributed by atoms with Crippen LogP contribution in [0.5, 0.6) is 0 Å². The van der Waals surface area contributed by atoms with Crippen molar-refractivity contribution in [1.29, 1.82) is 0 Å². The fourth-order valence-corrected chi connectivity index (χ4v) is 5.23. The van der Waals surface area contributed by atoms with Gasteiger partial charge in [-0.05, 0) is 42.9 Å². The number of hydrogen-bond acceptors (Lipinski definition) is 2. The number of nitrogens with zero attached hydrogens (tertiary/aromatic N) is 1. The third kappa shape index (κ3) is 1.39. The largest absolute Gasteiger partial charge is 0.355 e. The van der Waals surface area contributed by atoms with Gasteiger partial charge in [0.25, 0.3) is 0 Å². The number of anilines is 1. The first-order valence-electron chi connectivity index (χ1n) is 8.41. The molecule has 2 aromatic rings. The Hall–Kier alpha value is -1.80. The SMILES string of the molecule is c1ccc(CN2c3ccccc3[C@]34CCC[C@]23OCC4)cc1. The highest BCUT2D eigenvalue weighted by Gasteiger charge is 2.67. The van der Waals surface area contributed by atoms with Crippen molar-refractivity contribution in [3.05, 3.63) is 65.7 Å². The van der Waals surface area contributed by atoms with Crippen LogP contribution in [0, 0.1) is 0 Å². The number of benzene rings is 2. The van der Waals surface area contributed by atoms with Crippen LogP contribution < -0.4 is 4.90 Å². The van der Waals surface area contributed by atoms with Crippen LogP contribution in [0.3, 0.4) is 0 Å². The minimum Gasteiger partial charge on any atom is -0.355 e. The second-order valence-electron chi connectivity index (χ2n) is 6.91. The Labute approximate surface area is 131 Å². The lowest BCUT2D eigenvalue weighted by molar-refractivity contribution is -0.0147. The number of rotatable bonds is 2. The Bertz CT molecular complexity index is 699. The van der Waals surface area contributed by atoms with Gasteiger partial charge in [-0.15, -0.1) is 0 Å². The molecule has 0 spiro atoms. The Morgan fingerprint density at radius 1 is 0.909 bits per heavy atom. The van der Waals surface area contributed by atoms with Gasteiger partial charge in [0.05, 0.1) is 6.61 Å². The average Bonchev–Trinajstić information content (AvgIpc) is 3.15. The maximum Gasteiger partial charge on any atom is 0.151 e. The zero-order valence-corrected chi connectivity index (χ0v) is 12.8. The third-order valence-electron chi connectivity index (χ3n) is 6.07. The molecule has 2 aromatic carbocycles. The van der Waals surface area contributed by atoms with Gasteiger partial charge in [0, 0.05) is 17.6 Å². The molecule has 1 saturated heterocycles. The highest BCUT2D eigenvalue weighted by Crippen LogP contribution is 2.65. The zero-order chi connectivity index (χ0) is 14.6. The van der Waals surface area contributed by atoms with E-state index in [9.17, 15) is 0 Å². The van der Waals surface area contributed by atoms with Gasteiger partial charge in [-0.2, -0.15) is 0 Å². The normalized spacial score (nSPS) is 31.9. The summed E-state index contributed by atoms with van der Waals surface area (Å²) in [6.45, 7) is 1.85. The molecule has 2 atom stereocenters. The van der Waals surface area contributed by atoms with Crippen LogP contribution in [-0.2, 0) is 16.7 Å². The lowest BCUT2D eigenvalue weighted by atomic mass is 9.75. The highest BCUT2D eigenvalue weighted by molar-refractivity contribution is 5.67. The maximum absolute atomic E-state index is 6.47. The van der Waals surface area contributed by atoms with Crippen LogP contribution in [-0.4, -0.2) is 12.3 Å². The third-order valence-corrected chi connectivity index (χ3v) is 6.07. The van der Waals surface area contributed by atoms with E-state index in [1.807, 2.05) is 0 Å². The van der Waals surface area contributed by atoms with Crippen molar-refractivity contribution in [2.75, 3.05) is 11.5 Å². The first kappa shape index (κ1) is 12.7. The van der Waals surface area contributed by atoms with Crippen LogP contribution in [0.25, 0.3) is 0 Å². The van der Waals surface area contributed by atoms with Crippen LogP contribution in [0.4, 0.5) is 5.69 Å². The van der Waals surface area contributed by atoms with Crippen molar-refractivity contribution >= 4 is 5.69 Å². The first-order chi connectivity index (χ1) is 10.9. The molecule has 2 heteroatoms. The van der Waals surface area contributed by atoms with E-state index >= 15 is 0 Å². The van der Waals surface area contributed by atoms with Crippen molar-refractivity contribution in [3.8, 4) is 0 Å². The Kier molecular flexibility index (Phi) is 2.52. The average molecular weight is 291 g/mol. The van der Waals surface area contributed by atoms with E-state index in [1.54, 1.807) is 0 Å². The molecule has 0 amide bonds. The quantitative estimate of drug-likeness (QED) is 0.820. The summed E-state index contributed by atoms with van der Waals surface area (Å²) >= 11 is 0. The first-order valence-corrected chi connectivity index (χ1v) is 8.41. The van der Waals surface area contributed by atoms with Crippen molar-refractivity contribution in [2.45, 2.75) is 43.4 Å². The Morgan fingerprint density at radius 2 is 1.73 bits per heavy atom. The summed E-state index contributed by atoms with van der Waals surface area (Å²) in [5.74, 6) is 0. The molecule has 1 aliphatic carbocycles. The minimum atomic E-state index is -0.0907. The molecule has 0 bridgehead atoms.